The first-order valence-electron chi connectivity index (χ1n) is 10.5. The number of benzene rings is 2. The number of aromatic amines is 1. The fraction of sp³-hybridized carbons (Fsp3) is 0.333. The number of nitrogens with one attached hydrogen (secondary N) is 3. The Bertz CT molecular complexity index is 1290. The van der Waals surface area contributed by atoms with Gasteiger partial charge in [0.1, 0.15) is 6.04 Å². The molecule has 0 spiro atoms. The predicted molar refractivity (Wildman–Crippen MR) is 127 cm³/mol. The number of esters is 1. The zero-order valence-electron chi connectivity index (χ0n) is 19.4. The average Bonchev–Trinajstić information content (AvgIpc) is 3.14. The van der Waals surface area contributed by atoms with Gasteiger partial charge in [-0.2, -0.15) is 0 Å². The minimum atomic E-state index is -3.83. The van der Waals surface area contributed by atoms with Crippen LogP contribution in [0.4, 0.5) is 0 Å². The van der Waals surface area contributed by atoms with Crippen molar-refractivity contribution in [3.8, 4) is 0 Å². The summed E-state index contributed by atoms with van der Waals surface area (Å²) in [6.07, 6.45) is 2.01. The predicted octanol–water partition coefficient (Wildman–Crippen LogP) is 3.07. The van der Waals surface area contributed by atoms with Crippen molar-refractivity contribution in [1.82, 2.24) is 15.0 Å². The van der Waals surface area contributed by atoms with Gasteiger partial charge in [-0.3, -0.25) is 4.79 Å². The second-order valence-electron chi connectivity index (χ2n) is 8.95. The van der Waals surface area contributed by atoms with Crippen LogP contribution in [0.25, 0.3) is 10.9 Å². The fourth-order valence-electron chi connectivity index (χ4n) is 3.57. The summed E-state index contributed by atoms with van der Waals surface area (Å²) in [7, 11) is -2.57. The number of methoxy groups -OCH3 is 1. The number of hydrogen-bond donors (Lipinski definition) is 3. The highest BCUT2D eigenvalue weighted by atomic mass is 32.2. The summed E-state index contributed by atoms with van der Waals surface area (Å²) in [5.41, 5.74) is 1.84. The van der Waals surface area contributed by atoms with E-state index in [0.29, 0.717) is 5.56 Å². The summed E-state index contributed by atoms with van der Waals surface area (Å²) in [4.78, 5) is 28.7. The molecule has 1 amide bonds. The van der Waals surface area contributed by atoms with Crippen molar-refractivity contribution in [3.05, 3.63) is 65.4 Å². The summed E-state index contributed by atoms with van der Waals surface area (Å²) in [6, 6.07) is 11.0. The van der Waals surface area contributed by atoms with Crippen molar-refractivity contribution in [3.63, 3.8) is 0 Å². The molecule has 0 radical (unpaired) electrons. The molecule has 3 aromatic rings. The third-order valence-electron chi connectivity index (χ3n) is 5.09. The Labute approximate surface area is 193 Å². The number of ether oxygens (including phenoxy) is 1. The molecule has 3 rings (SSSR count). The molecule has 0 unspecified atom stereocenters. The lowest BCUT2D eigenvalue weighted by atomic mass is 10.0. The number of rotatable bonds is 7. The zero-order chi connectivity index (χ0) is 24.4. The van der Waals surface area contributed by atoms with E-state index in [0.717, 1.165) is 16.5 Å². The highest BCUT2D eigenvalue weighted by molar-refractivity contribution is 7.89. The molecule has 9 heteroatoms. The summed E-state index contributed by atoms with van der Waals surface area (Å²) < 4.78 is 32.9. The molecule has 1 heterocycles. The number of fused-ring (bicyclic) bond motifs is 1. The van der Waals surface area contributed by atoms with Crippen LogP contribution in [0.15, 0.2) is 53.6 Å². The molecule has 176 valence electrons. The van der Waals surface area contributed by atoms with E-state index in [4.69, 9.17) is 4.74 Å². The number of para-hydroxylation sites is 1. The van der Waals surface area contributed by atoms with Crippen LogP contribution in [0.5, 0.6) is 0 Å². The number of H-pyrrole nitrogens is 1. The summed E-state index contributed by atoms with van der Waals surface area (Å²) in [6.45, 7) is 6.91. The van der Waals surface area contributed by atoms with E-state index in [1.165, 1.54) is 19.2 Å². The largest absolute Gasteiger partial charge is 0.467 e. The Hall–Kier alpha value is -3.17. The smallest absolute Gasteiger partial charge is 0.328 e. The molecule has 0 bridgehead atoms. The van der Waals surface area contributed by atoms with E-state index < -0.39 is 33.5 Å². The average molecular weight is 472 g/mol. The Morgan fingerprint density at radius 3 is 2.48 bits per heavy atom. The molecule has 2 aromatic carbocycles. The van der Waals surface area contributed by atoms with Crippen LogP contribution < -0.4 is 10.0 Å². The van der Waals surface area contributed by atoms with Gasteiger partial charge in [-0.1, -0.05) is 24.3 Å². The van der Waals surface area contributed by atoms with Crippen molar-refractivity contribution >= 4 is 32.8 Å². The lowest BCUT2D eigenvalue weighted by molar-refractivity contribution is -0.142. The van der Waals surface area contributed by atoms with E-state index >= 15 is 0 Å². The van der Waals surface area contributed by atoms with Crippen LogP contribution in [0.3, 0.4) is 0 Å². The first kappa shape index (κ1) is 24.5. The van der Waals surface area contributed by atoms with Crippen LogP contribution >= 0.6 is 0 Å². The molecular weight excluding hydrogens is 442 g/mol. The number of amides is 1. The Morgan fingerprint density at radius 2 is 1.82 bits per heavy atom. The highest BCUT2D eigenvalue weighted by Crippen LogP contribution is 2.21. The van der Waals surface area contributed by atoms with Crippen molar-refractivity contribution in [2.45, 2.75) is 50.6 Å². The van der Waals surface area contributed by atoms with Crippen LogP contribution in [-0.4, -0.2) is 44.0 Å². The Morgan fingerprint density at radius 1 is 1.12 bits per heavy atom. The Kier molecular flexibility index (Phi) is 6.94. The number of aromatic nitrogens is 1. The lowest BCUT2D eigenvalue weighted by Crippen LogP contribution is -2.43. The molecule has 0 saturated carbocycles. The van der Waals surface area contributed by atoms with Gasteiger partial charge in [0.05, 0.1) is 12.0 Å². The van der Waals surface area contributed by atoms with Gasteiger partial charge in [0, 0.05) is 34.6 Å². The first-order valence-corrected chi connectivity index (χ1v) is 12.0. The summed E-state index contributed by atoms with van der Waals surface area (Å²) >= 11 is 0. The van der Waals surface area contributed by atoms with E-state index in [9.17, 15) is 18.0 Å². The third-order valence-corrected chi connectivity index (χ3v) is 6.85. The molecule has 0 fully saturated rings. The standard InChI is InChI=1S/C24H29N3O5S/c1-15-10-11-17(33(30,31)27-24(2,3)4)13-19(15)22(28)26-21(23(29)32-5)12-16-14-25-20-9-7-6-8-18(16)20/h6-11,13-14,21,25,27H,12H2,1-5H3,(H,26,28)/t21-/m1/s1. The van der Waals surface area contributed by atoms with Gasteiger partial charge in [-0.05, 0) is 57.0 Å². The van der Waals surface area contributed by atoms with E-state index in [-0.39, 0.29) is 16.9 Å². The van der Waals surface area contributed by atoms with Gasteiger partial charge in [0.25, 0.3) is 5.91 Å². The van der Waals surface area contributed by atoms with Gasteiger partial charge >= 0.3 is 5.97 Å². The SMILES string of the molecule is COC(=O)[C@@H](Cc1c[nH]c2ccccc12)NC(=O)c1cc(S(=O)(=O)NC(C)(C)C)ccc1C. The van der Waals surface area contributed by atoms with Crippen molar-refractivity contribution in [1.29, 1.82) is 0 Å². The normalized spacial score (nSPS) is 13.0. The number of sulfonamides is 1. The molecule has 0 aliphatic heterocycles. The minimum absolute atomic E-state index is 0.0283. The summed E-state index contributed by atoms with van der Waals surface area (Å²) in [5, 5.41) is 3.65. The maximum Gasteiger partial charge on any atom is 0.328 e. The Balaban J connectivity index is 1.89. The van der Waals surface area contributed by atoms with Gasteiger partial charge < -0.3 is 15.0 Å². The van der Waals surface area contributed by atoms with Crippen molar-refractivity contribution in [2.24, 2.45) is 0 Å². The van der Waals surface area contributed by atoms with Gasteiger partial charge in [0.2, 0.25) is 10.0 Å². The molecule has 1 aromatic heterocycles. The van der Waals surface area contributed by atoms with Crippen LogP contribution in [0.2, 0.25) is 0 Å². The molecular formula is C24H29N3O5S. The third kappa shape index (κ3) is 5.80. The maximum atomic E-state index is 13.1. The minimum Gasteiger partial charge on any atom is -0.467 e. The number of hydrogen-bond acceptors (Lipinski definition) is 5. The maximum absolute atomic E-state index is 13.1. The van der Waals surface area contributed by atoms with Crippen LogP contribution in [0.1, 0.15) is 42.3 Å². The monoisotopic (exact) mass is 471 g/mol. The van der Waals surface area contributed by atoms with E-state index in [2.05, 4.69) is 15.0 Å². The molecule has 0 aliphatic rings. The second-order valence-corrected chi connectivity index (χ2v) is 10.6. The summed E-state index contributed by atoms with van der Waals surface area (Å²) in [5.74, 6) is -1.15. The number of carbonyl (C=O) groups is 2. The van der Waals surface area contributed by atoms with E-state index in [1.807, 2.05) is 24.3 Å². The van der Waals surface area contributed by atoms with Gasteiger partial charge in [0.15, 0.2) is 0 Å². The van der Waals surface area contributed by atoms with Crippen molar-refractivity contribution < 1.29 is 22.7 Å². The number of aryl methyl sites for hydroxylation is 1. The fourth-order valence-corrected chi connectivity index (χ4v) is 5.01. The molecule has 1 atom stereocenters. The highest BCUT2D eigenvalue weighted by Gasteiger charge is 2.27. The first-order chi connectivity index (χ1) is 15.4. The van der Waals surface area contributed by atoms with Crippen molar-refractivity contribution in [2.75, 3.05) is 7.11 Å². The topological polar surface area (TPSA) is 117 Å². The van der Waals surface area contributed by atoms with E-state index in [1.54, 1.807) is 40.0 Å². The van der Waals surface area contributed by atoms with Gasteiger partial charge in [-0.25, -0.2) is 17.9 Å². The second kappa shape index (κ2) is 9.36. The van der Waals surface area contributed by atoms with Crippen LogP contribution in [-0.2, 0) is 26.0 Å². The number of carbonyl (C=O) groups excluding carboxylic acids is 2. The molecule has 0 aliphatic carbocycles. The van der Waals surface area contributed by atoms with Gasteiger partial charge in [-0.15, -0.1) is 0 Å². The molecule has 0 saturated heterocycles. The molecule has 3 N–H and O–H groups in total. The quantitative estimate of drug-likeness (QED) is 0.458. The lowest BCUT2D eigenvalue weighted by Gasteiger charge is -2.21. The zero-order valence-corrected chi connectivity index (χ0v) is 20.2. The van der Waals surface area contributed by atoms with Crippen LogP contribution in [0, 0.1) is 6.92 Å². The molecule has 33 heavy (non-hydrogen) atoms. The molecule has 8 nitrogen and oxygen atoms in total.